The Kier molecular flexibility index (Phi) is 5.12. The molecule has 2 fully saturated rings. The maximum atomic E-state index is 12.8. The van der Waals surface area contributed by atoms with Crippen LogP contribution in [0.1, 0.15) is 43.5 Å². The molecule has 3 rings (SSSR count). The molecule has 0 aromatic heterocycles. The molecule has 26 heavy (non-hydrogen) atoms. The van der Waals surface area contributed by atoms with Crippen LogP contribution in [-0.4, -0.2) is 48.7 Å². The lowest BCUT2D eigenvalue weighted by molar-refractivity contribution is -0.139. The highest BCUT2D eigenvalue weighted by Gasteiger charge is 2.59. The summed E-state index contributed by atoms with van der Waals surface area (Å²) >= 11 is 0. The third-order valence-electron chi connectivity index (χ3n) is 5.52. The van der Waals surface area contributed by atoms with Gasteiger partial charge in [0, 0.05) is 18.7 Å². The number of carbonyl (C=O) groups excluding carboxylic acids is 1. The van der Waals surface area contributed by atoms with Gasteiger partial charge in [0.05, 0.1) is 19.6 Å². The molecule has 1 aliphatic carbocycles. The molecule has 1 spiro atoms. The second kappa shape index (κ2) is 7.17. The molecule has 1 atom stereocenters. The molecule has 0 radical (unpaired) electrons. The van der Waals surface area contributed by atoms with Crippen molar-refractivity contribution in [2.24, 2.45) is 17.3 Å². The predicted molar refractivity (Wildman–Crippen MR) is 96.6 cm³/mol. The summed E-state index contributed by atoms with van der Waals surface area (Å²) in [5.41, 5.74) is 0.495. The first-order valence-corrected chi connectivity index (χ1v) is 9.19. The summed E-state index contributed by atoms with van der Waals surface area (Å²) in [6.07, 6.45) is 2.28. The molecule has 1 heterocycles. The fourth-order valence-electron chi connectivity index (χ4n) is 3.76. The van der Waals surface area contributed by atoms with Crippen molar-refractivity contribution < 1.29 is 24.2 Å². The van der Waals surface area contributed by atoms with Crippen molar-refractivity contribution in [1.82, 2.24) is 4.90 Å². The van der Waals surface area contributed by atoms with Gasteiger partial charge in [-0.05, 0) is 48.8 Å². The van der Waals surface area contributed by atoms with Crippen molar-refractivity contribution in [2.75, 3.05) is 26.8 Å². The Balaban J connectivity index is 1.64. The van der Waals surface area contributed by atoms with E-state index in [-0.39, 0.29) is 17.2 Å². The fraction of sp³-hybridized carbons (Fsp3) is 0.600. The van der Waals surface area contributed by atoms with E-state index in [4.69, 9.17) is 9.47 Å². The maximum absolute atomic E-state index is 12.8. The van der Waals surface area contributed by atoms with E-state index in [1.54, 1.807) is 25.3 Å². The molecule has 6 heteroatoms. The van der Waals surface area contributed by atoms with E-state index < -0.39 is 5.97 Å². The number of aliphatic carboxylic acids is 1. The molecule has 6 nitrogen and oxygen atoms in total. The van der Waals surface area contributed by atoms with Gasteiger partial charge in [-0.25, -0.2) is 0 Å². The molecule has 1 amide bonds. The van der Waals surface area contributed by atoms with Crippen molar-refractivity contribution in [3.8, 4) is 11.5 Å². The monoisotopic (exact) mass is 361 g/mol. The van der Waals surface area contributed by atoms with Crippen molar-refractivity contribution >= 4 is 11.9 Å². The number of piperidine rings is 1. The zero-order chi connectivity index (χ0) is 18.9. The minimum atomic E-state index is -0.702. The molecule has 1 aromatic carbocycles. The minimum Gasteiger partial charge on any atom is -0.493 e. The van der Waals surface area contributed by atoms with Crippen LogP contribution >= 0.6 is 0 Å². The summed E-state index contributed by atoms with van der Waals surface area (Å²) in [6.45, 7) is 5.94. The van der Waals surface area contributed by atoms with E-state index in [9.17, 15) is 14.7 Å². The minimum absolute atomic E-state index is 0.0407. The average molecular weight is 361 g/mol. The summed E-state index contributed by atoms with van der Waals surface area (Å²) in [5, 5.41) is 9.18. The lowest BCUT2D eigenvalue weighted by atomic mass is 9.90. The number of carboxylic acid groups (broad SMARTS) is 1. The quantitative estimate of drug-likeness (QED) is 0.843. The first-order chi connectivity index (χ1) is 12.4. The molecule has 1 unspecified atom stereocenters. The zero-order valence-electron chi connectivity index (χ0n) is 15.7. The van der Waals surface area contributed by atoms with Crippen LogP contribution in [0, 0.1) is 17.3 Å². The van der Waals surface area contributed by atoms with Crippen molar-refractivity contribution in [3.05, 3.63) is 23.8 Å². The number of hydrogen-bond donors (Lipinski definition) is 1. The third-order valence-corrected chi connectivity index (χ3v) is 5.52. The molecule has 1 N–H and O–H groups in total. The predicted octanol–water partition coefficient (Wildman–Crippen LogP) is 3.06. The Labute approximate surface area is 154 Å². The van der Waals surface area contributed by atoms with Crippen LogP contribution < -0.4 is 9.47 Å². The Morgan fingerprint density at radius 3 is 2.50 bits per heavy atom. The first kappa shape index (κ1) is 18.5. The van der Waals surface area contributed by atoms with Crippen molar-refractivity contribution in [2.45, 2.75) is 33.1 Å². The van der Waals surface area contributed by atoms with Gasteiger partial charge >= 0.3 is 5.97 Å². The molecule has 0 bridgehead atoms. The normalized spacial score (nSPS) is 20.9. The Hall–Kier alpha value is -2.24. The van der Waals surface area contributed by atoms with Gasteiger partial charge in [0.25, 0.3) is 5.91 Å². The summed E-state index contributed by atoms with van der Waals surface area (Å²) in [5.74, 6) is 0.624. The Morgan fingerprint density at radius 2 is 1.96 bits per heavy atom. The molecular weight excluding hydrogens is 334 g/mol. The van der Waals surface area contributed by atoms with Gasteiger partial charge in [-0.3, -0.25) is 9.59 Å². The lowest BCUT2D eigenvalue weighted by Crippen LogP contribution is -2.40. The molecule has 1 saturated carbocycles. The second-order valence-electron chi connectivity index (χ2n) is 7.82. The van der Waals surface area contributed by atoms with Gasteiger partial charge in [0.1, 0.15) is 0 Å². The summed E-state index contributed by atoms with van der Waals surface area (Å²) in [7, 11) is 1.57. The number of hydrogen-bond acceptors (Lipinski definition) is 4. The number of rotatable bonds is 6. The summed E-state index contributed by atoms with van der Waals surface area (Å²) < 4.78 is 11.1. The van der Waals surface area contributed by atoms with Crippen molar-refractivity contribution in [3.63, 3.8) is 0 Å². The maximum Gasteiger partial charge on any atom is 0.307 e. The molecule has 1 saturated heterocycles. The molecule has 1 aromatic rings. The lowest BCUT2D eigenvalue weighted by Gasteiger charge is -2.32. The SMILES string of the molecule is COc1cc(C(=O)N2CCC3(CC2)CC3C(=O)O)ccc1OCC(C)C. The van der Waals surface area contributed by atoms with Crippen LogP contribution in [0.5, 0.6) is 11.5 Å². The van der Waals surface area contributed by atoms with E-state index in [0.29, 0.717) is 42.7 Å². The molecular formula is C20H27NO5. The fourth-order valence-corrected chi connectivity index (χ4v) is 3.76. The van der Waals surface area contributed by atoms with Gasteiger partial charge in [-0.1, -0.05) is 13.8 Å². The van der Waals surface area contributed by atoms with Crippen LogP contribution in [0.25, 0.3) is 0 Å². The topological polar surface area (TPSA) is 76.1 Å². The summed E-state index contributed by atoms with van der Waals surface area (Å²) in [6, 6.07) is 5.27. The van der Waals surface area contributed by atoms with E-state index in [1.165, 1.54) is 0 Å². The van der Waals surface area contributed by atoms with E-state index in [2.05, 4.69) is 13.8 Å². The van der Waals surface area contributed by atoms with Gasteiger partial charge in [0.15, 0.2) is 11.5 Å². The van der Waals surface area contributed by atoms with Crippen LogP contribution in [-0.2, 0) is 4.79 Å². The number of carbonyl (C=O) groups is 2. The van der Waals surface area contributed by atoms with E-state index in [1.807, 2.05) is 4.90 Å². The number of ether oxygens (including phenoxy) is 2. The average Bonchev–Trinajstić information content (AvgIpc) is 3.33. The van der Waals surface area contributed by atoms with Gasteiger partial charge in [0.2, 0.25) is 0 Å². The van der Waals surface area contributed by atoms with E-state index >= 15 is 0 Å². The number of likely N-dealkylation sites (tertiary alicyclic amines) is 1. The highest BCUT2D eigenvalue weighted by Crippen LogP contribution is 2.59. The first-order valence-electron chi connectivity index (χ1n) is 9.19. The van der Waals surface area contributed by atoms with Gasteiger partial charge in [-0.15, -0.1) is 0 Å². The number of carboxylic acids is 1. The summed E-state index contributed by atoms with van der Waals surface area (Å²) in [4.78, 5) is 25.8. The molecule has 142 valence electrons. The molecule has 2 aliphatic rings. The number of amides is 1. The number of nitrogens with zero attached hydrogens (tertiary/aromatic N) is 1. The number of benzene rings is 1. The van der Waals surface area contributed by atoms with E-state index in [0.717, 1.165) is 19.3 Å². The van der Waals surface area contributed by atoms with Gasteiger partial charge in [-0.2, -0.15) is 0 Å². The van der Waals surface area contributed by atoms with Crippen LogP contribution in [0.3, 0.4) is 0 Å². The smallest absolute Gasteiger partial charge is 0.307 e. The van der Waals surface area contributed by atoms with Gasteiger partial charge < -0.3 is 19.5 Å². The standard InChI is InChI=1S/C20H27NO5/c1-13(2)12-26-16-5-4-14(10-17(16)25-3)18(22)21-8-6-20(7-9-21)11-15(20)19(23)24/h4-5,10,13,15H,6-9,11-12H2,1-3H3,(H,23,24). The van der Waals surface area contributed by atoms with Crippen molar-refractivity contribution in [1.29, 1.82) is 0 Å². The molecule has 1 aliphatic heterocycles. The van der Waals surface area contributed by atoms with Crippen LogP contribution in [0.15, 0.2) is 18.2 Å². The highest BCUT2D eigenvalue weighted by molar-refractivity contribution is 5.95. The third kappa shape index (κ3) is 3.64. The largest absolute Gasteiger partial charge is 0.493 e. The van der Waals surface area contributed by atoms with Crippen LogP contribution in [0.2, 0.25) is 0 Å². The van der Waals surface area contributed by atoms with Crippen LogP contribution in [0.4, 0.5) is 0 Å². The highest BCUT2D eigenvalue weighted by atomic mass is 16.5. The number of methoxy groups -OCH3 is 1. The second-order valence-corrected chi connectivity index (χ2v) is 7.82. The Morgan fingerprint density at radius 1 is 1.27 bits per heavy atom. The Bertz CT molecular complexity index is 691. The zero-order valence-corrected chi connectivity index (χ0v) is 15.7.